The molecule has 1 aromatic heterocycles. The third-order valence-corrected chi connectivity index (χ3v) is 5.36. The van der Waals surface area contributed by atoms with Crippen molar-refractivity contribution in [3.05, 3.63) is 52.5 Å². The van der Waals surface area contributed by atoms with Crippen molar-refractivity contribution in [3.63, 3.8) is 0 Å². The van der Waals surface area contributed by atoms with Gasteiger partial charge in [-0.05, 0) is 45.6 Å². The fourth-order valence-corrected chi connectivity index (χ4v) is 3.80. The van der Waals surface area contributed by atoms with Gasteiger partial charge in [-0.3, -0.25) is 9.69 Å². The Morgan fingerprint density at radius 1 is 1.19 bits per heavy atom. The minimum absolute atomic E-state index is 0.191. The molecule has 0 fully saturated rings. The predicted octanol–water partition coefficient (Wildman–Crippen LogP) is 4.57. The molecule has 168 valence electrons. The number of thiazole rings is 1. The summed E-state index contributed by atoms with van der Waals surface area (Å²) in [6, 6.07) is 8.54. The maximum absolute atomic E-state index is 12.9. The van der Waals surface area contributed by atoms with E-state index in [2.05, 4.69) is 10.3 Å². The molecule has 0 spiro atoms. The zero-order valence-corrected chi connectivity index (χ0v) is 18.9. The van der Waals surface area contributed by atoms with E-state index >= 15 is 0 Å². The first-order valence-electron chi connectivity index (χ1n) is 10.1. The lowest BCUT2D eigenvalue weighted by Gasteiger charge is -2.38. The highest BCUT2D eigenvalue weighted by atomic mass is 32.1. The zero-order valence-electron chi connectivity index (χ0n) is 18.0. The molecule has 0 aliphatic rings. The molecule has 0 saturated heterocycles. The van der Waals surface area contributed by atoms with Gasteiger partial charge in [0, 0.05) is 23.7 Å². The van der Waals surface area contributed by atoms with Crippen molar-refractivity contribution in [1.29, 1.82) is 0 Å². The number of amides is 2. The molecule has 0 unspecified atom stereocenters. The average molecular weight is 448 g/mol. The number of Topliss-reactive ketones (excluding diaryl/α,β-unsaturated/α-hetero) is 1. The average Bonchev–Trinajstić information content (AvgIpc) is 3.25. The highest BCUT2D eigenvalue weighted by molar-refractivity contribution is 7.11. The standard InChI is InChI=1S/C22H29N3O5S/c1-22(2,3)25(21(28)29)17(18(26)19-23-13-14-31-19)11-7-8-12-24-20(27)30-15-16-9-5-4-6-10-16/h4-6,9-10,13-14,17H,7-8,11-12,15H2,1-3H3,(H,24,27)(H,28,29)/t17-/m0/s1. The van der Waals surface area contributed by atoms with Crippen LogP contribution in [0.4, 0.5) is 9.59 Å². The maximum Gasteiger partial charge on any atom is 0.408 e. The minimum atomic E-state index is -1.15. The number of rotatable bonds is 10. The number of aromatic nitrogens is 1. The van der Waals surface area contributed by atoms with Gasteiger partial charge in [0.15, 0.2) is 5.01 Å². The highest BCUT2D eigenvalue weighted by Crippen LogP contribution is 2.24. The lowest BCUT2D eigenvalue weighted by molar-refractivity contribution is 0.0525. The maximum atomic E-state index is 12.9. The van der Waals surface area contributed by atoms with Crippen molar-refractivity contribution in [2.45, 2.75) is 58.2 Å². The second-order valence-corrected chi connectivity index (χ2v) is 8.92. The largest absolute Gasteiger partial charge is 0.465 e. The second kappa shape index (κ2) is 11.5. The molecule has 31 heavy (non-hydrogen) atoms. The van der Waals surface area contributed by atoms with E-state index in [9.17, 15) is 19.5 Å². The fraction of sp³-hybridized carbons (Fsp3) is 0.455. The lowest BCUT2D eigenvalue weighted by atomic mass is 9.97. The predicted molar refractivity (Wildman–Crippen MR) is 118 cm³/mol. The molecular weight excluding hydrogens is 418 g/mol. The molecular formula is C22H29N3O5S. The summed E-state index contributed by atoms with van der Waals surface area (Å²) in [5, 5.41) is 14.4. The van der Waals surface area contributed by atoms with E-state index in [0.717, 1.165) is 5.56 Å². The molecule has 1 aromatic carbocycles. The topological polar surface area (TPSA) is 109 Å². The quantitative estimate of drug-likeness (QED) is 0.408. The number of carbonyl (C=O) groups is 3. The molecule has 2 rings (SSSR count). The summed E-state index contributed by atoms with van der Waals surface area (Å²) in [7, 11) is 0. The Kier molecular flexibility index (Phi) is 8.99. The van der Waals surface area contributed by atoms with Gasteiger partial charge in [0.05, 0.1) is 0 Å². The van der Waals surface area contributed by atoms with Crippen LogP contribution in [0.1, 0.15) is 55.4 Å². The van der Waals surface area contributed by atoms with E-state index in [-0.39, 0.29) is 12.4 Å². The van der Waals surface area contributed by atoms with Crippen molar-refractivity contribution >= 4 is 29.3 Å². The first kappa shape index (κ1) is 24.3. The summed E-state index contributed by atoms with van der Waals surface area (Å²) in [5.74, 6) is -0.303. The Morgan fingerprint density at radius 3 is 2.48 bits per heavy atom. The van der Waals surface area contributed by atoms with Gasteiger partial charge in [-0.25, -0.2) is 14.6 Å². The number of alkyl carbamates (subject to hydrolysis) is 1. The van der Waals surface area contributed by atoms with Crippen LogP contribution in [0.2, 0.25) is 0 Å². The van der Waals surface area contributed by atoms with Gasteiger partial charge < -0.3 is 15.2 Å². The number of ketones is 1. The zero-order chi connectivity index (χ0) is 22.9. The van der Waals surface area contributed by atoms with Gasteiger partial charge >= 0.3 is 12.2 Å². The molecule has 2 amide bonds. The number of hydrogen-bond acceptors (Lipinski definition) is 6. The van der Waals surface area contributed by atoms with Crippen LogP contribution in [0.25, 0.3) is 0 Å². The summed E-state index contributed by atoms with van der Waals surface area (Å²) < 4.78 is 5.16. The Bertz CT molecular complexity index is 850. The molecule has 9 heteroatoms. The van der Waals surface area contributed by atoms with Crippen LogP contribution in [-0.4, -0.2) is 51.1 Å². The van der Waals surface area contributed by atoms with Crippen molar-refractivity contribution in [2.75, 3.05) is 6.54 Å². The van der Waals surface area contributed by atoms with Crippen LogP contribution in [0.5, 0.6) is 0 Å². The van der Waals surface area contributed by atoms with E-state index < -0.39 is 23.8 Å². The lowest BCUT2D eigenvalue weighted by Crippen LogP contribution is -2.54. The molecule has 8 nitrogen and oxygen atoms in total. The summed E-state index contributed by atoms with van der Waals surface area (Å²) in [5.41, 5.74) is 0.153. The Balaban J connectivity index is 1.86. The molecule has 1 atom stereocenters. The first-order chi connectivity index (χ1) is 14.7. The van der Waals surface area contributed by atoms with Crippen LogP contribution in [0.3, 0.4) is 0 Å². The van der Waals surface area contributed by atoms with Gasteiger partial charge in [-0.1, -0.05) is 30.3 Å². The summed E-state index contributed by atoms with van der Waals surface area (Å²) in [4.78, 5) is 41.9. The molecule has 0 aliphatic heterocycles. The molecule has 0 bridgehead atoms. The number of unbranched alkanes of at least 4 members (excludes halogenated alkanes) is 1. The SMILES string of the molecule is CC(C)(C)N(C(=O)O)[C@@H](CCCCNC(=O)OCc1ccccc1)C(=O)c1nccs1. The van der Waals surface area contributed by atoms with E-state index in [1.54, 1.807) is 26.2 Å². The number of ether oxygens (including phenoxy) is 1. The fourth-order valence-electron chi connectivity index (χ4n) is 3.18. The van der Waals surface area contributed by atoms with E-state index in [4.69, 9.17) is 4.74 Å². The number of carboxylic acid groups (broad SMARTS) is 1. The van der Waals surface area contributed by atoms with Crippen LogP contribution in [-0.2, 0) is 11.3 Å². The number of nitrogens with one attached hydrogen (secondary N) is 1. The number of hydrogen-bond donors (Lipinski definition) is 2. The summed E-state index contributed by atoms with van der Waals surface area (Å²) in [6.07, 6.45) is 1.34. The van der Waals surface area contributed by atoms with Crippen molar-refractivity contribution in [3.8, 4) is 0 Å². The van der Waals surface area contributed by atoms with E-state index in [1.165, 1.54) is 22.4 Å². The smallest absolute Gasteiger partial charge is 0.408 e. The van der Waals surface area contributed by atoms with Crippen molar-refractivity contribution in [1.82, 2.24) is 15.2 Å². The Labute approximate surface area is 186 Å². The van der Waals surface area contributed by atoms with Crippen LogP contribution < -0.4 is 5.32 Å². The monoisotopic (exact) mass is 447 g/mol. The third-order valence-electron chi connectivity index (χ3n) is 4.57. The van der Waals surface area contributed by atoms with Crippen molar-refractivity contribution < 1.29 is 24.2 Å². The summed E-state index contributed by atoms with van der Waals surface area (Å²) >= 11 is 1.20. The number of carbonyl (C=O) groups excluding carboxylic acids is 2. The normalized spacial score (nSPS) is 12.1. The molecule has 2 aromatic rings. The number of benzene rings is 1. The van der Waals surface area contributed by atoms with Gasteiger partial charge in [0.25, 0.3) is 0 Å². The Hall–Kier alpha value is -2.94. The van der Waals surface area contributed by atoms with E-state index in [0.29, 0.717) is 30.8 Å². The van der Waals surface area contributed by atoms with Crippen LogP contribution >= 0.6 is 11.3 Å². The van der Waals surface area contributed by atoms with Gasteiger partial charge in [0.2, 0.25) is 5.78 Å². The van der Waals surface area contributed by atoms with Crippen LogP contribution in [0, 0.1) is 0 Å². The molecule has 0 saturated carbocycles. The third kappa shape index (κ3) is 7.67. The molecule has 0 aliphatic carbocycles. The van der Waals surface area contributed by atoms with Gasteiger partial charge in [0.1, 0.15) is 12.6 Å². The molecule has 1 heterocycles. The molecule has 0 radical (unpaired) electrons. The van der Waals surface area contributed by atoms with E-state index in [1.807, 2.05) is 30.3 Å². The molecule has 2 N–H and O–H groups in total. The minimum Gasteiger partial charge on any atom is -0.465 e. The van der Waals surface area contributed by atoms with Gasteiger partial charge in [-0.2, -0.15) is 0 Å². The number of nitrogens with zero attached hydrogens (tertiary/aromatic N) is 2. The van der Waals surface area contributed by atoms with Gasteiger partial charge in [-0.15, -0.1) is 11.3 Å². The first-order valence-corrected chi connectivity index (χ1v) is 11.0. The second-order valence-electron chi connectivity index (χ2n) is 8.02. The van der Waals surface area contributed by atoms with Crippen LogP contribution in [0.15, 0.2) is 41.9 Å². The highest BCUT2D eigenvalue weighted by Gasteiger charge is 2.38. The Morgan fingerprint density at radius 2 is 1.90 bits per heavy atom. The van der Waals surface area contributed by atoms with Crippen molar-refractivity contribution in [2.24, 2.45) is 0 Å². The summed E-state index contributed by atoms with van der Waals surface area (Å²) in [6.45, 7) is 5.83.